The number of aromatic hydroxyl groups is 2. The van der Waals surface area contributed by atoms with Gasteiger partial charge in [-0.25, -0.2) is 4.79 Å². The van der Waals surface area contributed by atoms with Crippen molar-refractivity contribution >= 4 is 29.2 Å². The second-order valence-electron chi connectivity index (χ2n) is 4.23. The van der Waals surface area contributed by atoms with Crippen LogP contribution in [0.4, 0.5) is 0 Å². The Bertz CT molecular complexity index is 683. The molecule has 0 amide bonds. The molecule has 2 rings (SSSR count). The molecule has 0 aliphatic carbocycles. The summed E-state index contributed by atoms with van der Waals surface area (Å²) in [5.74, 6) is -1.63. The molecule has 0 atom stereocenters. The summed E-state index contributed by atoms with van der Waals surface area (Å²) in [6.45, 7) is 0. The van der Waals surface area contributed by atoms with E-state index in [1.807, 2.05) is 0 Å². The van der Waals surface area contributed by atoms with Crippen molar-refractivity contribution in [3.8, 4) is 11.5 Å². The summed E-state index contributed by atoms with van der Waals surface area (Å²) < 4.78 is 0. The van der Waals surface area contributed by atoms with E-state index >= 15 is 0 Å². The van der Waals surface area contributed by atoms with Crippen LogP contribution in [0.25, 0.3) is 0 Å². The molecule has 0 saturated carbocycles. The van der Waals surface area contributed by atoms with Gasteiger partial charge in [0.15, 0.2) is 0 Å². The van der Waals surface area contributed by atoms with Gasteiger partial charge >= 0.3 is 5.97 Å². The lowest BCUT2D eigenvalue weighted by molar-refractivity contribution is 0.0693. The molecule has 0 aliphatic rings. The highest BCUT2D eigenvalue weighted by Crippen LogP contribution is 2.33. The minimum atomic E-state index is -1.22. The van der Waals surface area contributed by atoms with Gasteiger partial charge in [-0.15, -0.1) is 0 Å². The van der Waals surface area contributed by atoms with E-state index in [1.54, 1.807) is 12.1 Å². The molecular weight excluding hydrogens is 303 g/mol. The van der Waals surface area contributed by atoms with Crippen LogP contribution in [0.15, 0.2) is 30.3 Å². The molecule has 0 radical (unpaired) electrons. The Labute approximate surface area is 124 Å². The molecular formula is C14H10Cl2O4. The molecule has 20 heavy (non-hydrogen) atoms. The van der Waals surface area contributed by atoms with Crippen molar-refractivity contribution in [2.24, 2.45) is 0 Å². The van der Waals surface area contributed by atoms with Gasteiger partial charge in [0.25, 0.3) is 0 Å². The summed E-state index contributed by atoms with van der Waals surface area (Å²) in [4.78, 5) is 10.9. The Hall–Kier alpha value is -1.91. The Morgan fingerprint density at radius 2 is 1.80 bits per heavy atom. The van der Waals surface area contributed by atoms with E-state index in [4.69, 9.17) is 28.3 Å². The first-order valence-corrected chi connectivity index (χ1v) is 6.36. The predicted octanol–water partition coefficient (Wildman–Crippen LogP) is 3.69. The molecule has 3 N–H and O–H groups in total. The highest BCUT2D eigenvalue weighted by atomic mass is 35.5. The number of benzene rings is 2. The summed E-state index contributed by atoms with van der Waals surface area (Å²) in [5, 5.41) is 28.8. The first kappa shape index (κ1) is 14.5. The second kappa shape index (κ2) is 5.61. The quantitative estimate of drug-likeness (QED) is 0.807. The number of halogens is 2. The molecule has 0 aliphatic heterocycles. The fraction of sp³-hybridized carbons (Fsp3) is 0.0714. The van der Waals surface area contributed by atoms with Gasteiger partial charge in [0.2, 0.25) is 0 Å². The highest BCUT2D eigenvalue weighted by Gasteiger charge is 2.13. The molecule has 0 unspecified atom stereocenters. The van der Waals surface area contributed by atoms with Crippen LogP contribution in [-0.4, -0.2) is 21.3 Å². The molecule has 0 bridgehead atoms. The molecule has 6 heteroatoms. The van der Waals surface area contributed by atoms with Crippen LogP contribution in [0.3, 0.4) is 0 Å². The summed E-state index contributed by atoms with van der Waals surface area (Å²) in [6, 6.07) is 7.17. The number of carbonyl (C=O) groups is 1. The van der Waals surface area contributed by atoms with Crippen molar-refractivity contribution in [3.05, 3.63) is 57.1 Å². The SMILES string of the molecule is O=C(O)c1cc(Cc2cc(Cl)cc(Cl)c2O)ccc1O. The normalized spacial score (nSPS) is 10.5. The number of hydrogen-bond donors (Lipinski definition) is 3. The summed E-state index contributed by atoms with van der Waals surface area (Å²) in [5.41, 5.74) is 0.883. The summed E-state index contributed by atoms with van der Waals surface area (Å²) in [7, 11) is 0. The number of rotatable bonds is 3. The van der Waals surface area contributed by atoms with E-state index < -0.39 is 5.97 Å². The molecule has 0 saturated heterocycles. The number of aromatic carboxylic acids is 1. The first-order valence-electron chi connectivity index (χ1n) is 5.60. The third-order valence-corrected chi connectivity index (χ3v) is 3.30. The van der Waals surface area contributed by atoms with Crippen molar-refractivity contribution in [2.45, 2.75) is 6.42 Å². The van der Waals surface area contributed by atoms with Crippen LogP contribution in [0.2, 0.25) is 10.0 Å². The van der Waals surface area contributed by atoms with Gasteiger partial charge in [0, 0.05) is 17.0 Å². The lowest BCUT2D eigenvalue weighted by Crippen LogP contribution is -1.99. The van der Waals surface area contributed by atoms with Crippen LogP contribution >= 0.6 is 23.2 Å². The fourth-order valence-corrected chi connectivity index (χ4v) is 2.37. The van der Waals surface area contributed by atoms with Crippen molar-refractivity contribution in [2.75, 3.05) is 0 Å². The van der Waals surface area contributed by atoms with E-state index in [9.17, 15) is 15.0 Å². The fourth-order valence-electron chi connectivity index (χ4n) is 1.84. The Morgan fingerprint density at radius 3 is 2.45 bits per heavy atom. The van der Waals surface area contributed by atoms with Crippen LogP contribution in [0.1, 0.15) is 21.5 Å². The van der Waals surface area contributed by atoms with Gasteiger partial charge in [-0.2, -0.15) is 0 Å². The second-order valence-corrected chi connectivity index (χ2v) is 5.07. The Balaban J connectivity index is 2.40. The Kier molecular flexibility index (Phi) is 4.06. The van der Waals surface area contributed by atoms with Gasteiger partial charge < -0.3 is 15.3 Å². The van der Waals surface area contributed by atoms with Crippen molar-refractivity contribution in [3.63, 3.8) is 0 Å². The smallest absolute Gasteiger partial charge is 0.339 e. The number of phenolic OH excluding ortho intramolecular Hbond substituents is 1. The molecule has 4 nitrogen and oxygen atoms in total. The topological polar surface area (TPSA) is 77.8 Å². The van der Waals surface area contributed by atoms with Crippen LogP contribution < -0.4 is 0 Å². The molecule has 0 spiro atoms. The highest BCUT2D eigenvalue weighted by molar-refractivity contribution is 6.35. The van der Waals surface area contributed by atoms with Gasteiger partial charge in [-0.1, -0.05) is 29.3 Å². The number of phenols is 2. The Morgan fingerprint density at radius 1 is 1.10 bits per heavy atom. The third-order valence-electron chi connectivity index (χ3n) is 2.79. The zero-order valence-electron chi connectivity index (χ0n) is 10.1. The maximum Gasteiger partial charge on any atom is 0.339 e. The molecule has 104 valence electrons. The van der Waals surface area contributed by atoms with Crippen molar-refractivity contribution < 1.29 is 20.1 Å². The molecule has 2 aromatic carbocycles. The van der Waals surface area contributed by atoms with Gasteiger partial charge in [-0.05, 0) is 29.8 Å². The van der Waals surface area contributed by atoms with E-state index in [1.165, 1.54) is 18.2 Å². The monoisotopic (exact) mass is 312 g/mol. The number of carboxylic acid groups (broad SMARTS) is 1. The van der Waals surface area contributed by atoms with E-state index in [2.05, 4.69) is 0 Å². The van der Waals surface area contributed by atoms with Gasteiger partial charge in [-0.3, -0.25) is 0 Å². The van der Waals surface area contributed by atoms with Crippen LogP contribution in [0, 0.1) is 0 Å². The number of hydrogen-bond acceptors (Lipinski definition) is 3. The van der Waals surface area contributed by atoms with Crippen LogP contribution in [0.5, 0.6) is 11.5 Å². The minimum absolute atomic E-state index is 0.0963. The standard InChI is InChI=1S/C14H10Cl2O4/c15-9-5-8(13(18)11(16)6-9)3-7-1-2-12(17)10(4-7)14(19)20/h1-2,4-6,17-18H,3H2,(H,19,20). The largest absolute Gasteiger partial charge is 0.507 e. The number of carboxylic acids is 1. The molecule has 0 heterocycles. The lowest BCUT2D eigenvalue weighted by Gasteiger charge is -2.08. The van der Waals surface area contributed by atoms with Crippen molar-refractivity contribution in [1.29, 1.82) is 0 Å². The maximum absolute atomic E-state index is 10.9. The first-order chi connectivity index (χ1) is 9.38. The molecule has 2 aromatic rings. The van der Waals surface area contributed by atoms with E-state index in [0.29, 0.717) is 16.1 Å². The third kappa shape index (κ3) is 2.98. The van der Waals surface area contributed by atoms with Crippen LogP contribution in [-0.2, 0) is 6.42 Å². The van der Waals surface area contributed by atoms with E-state index in [0.717, 1.165) is 0 Å². The summed E-state index contributed by atoms with van der Waals surface area (Å²) >= 11 is 11.7. The molecule has 0 fully saturated rings. The van der Waals surface area contributed by atoms with Gasteiger partial charge in [0.05, 0.1) is 5.02 Å². The summed E-state index contributed by atoms with van der Waals surface area (Å²) in [6.07, 6.45) is 0.243. The average molecular weight is 313 g/mol. The zero-order valence-corrected chi connectivity index (χ0v) is 11.6. The van der Waals surface area contributed by atoms with E-state index in [-0.39, 0.29) is 28.5 Å². The predicted molar refractivity (Wildman–Crippen MR) is 76.0 cm³/mol. The maximum atomic E-state index is 10.9. The average Bonchev–Trinajstić information content (AvgIpc) is 2.37. The van der Waals surface area contributed by atoms with Gasteiger partial charge in [0.1, 0.15) is 17.1 Å². The van der Waals surface area contributed by atoms with Crippen molar-refractivity contribution in [1.82, 2.24) is 0 Å². The zero-order chi connectivity index (χ0) is 14.9. The minimum Gasteiger partial charge on any atom is -0.507 e. The molecule has 0 aromatic heterocycles. The lowest BCUT2D eigenvalue weighted by atomic mass is 10.0.